The van der Waals surface area contributed by atoms with E-state index in [4.69, 9.17) is 11.6 Å². The molecule has 0 spiro atoms. The van der Waals surface area contributed by atoms with Gasteiger partial charge in [-0.05, 0) is 37.0 Å². The zero-order chi connectivity index (χ0) is 12.7. The van der Waals surface area contributed by atoms with Crippen LogP contribution in [0.25, 0.3) is 0 Å². The van der Waals surface area contributed by atoms with Crippen LogP contribution >= 0.6 is 11.6 Å². The molecule has 1 N–H and O–H groups in total. The molecule has 1 fully saturated rings. The molecule has 2 nitrogen and oxygen atoms in total. The van der Waals surface area contributed by atoms with Crippen LogP contribution < -0.4 is 5.32 Å². The molecule has 0 bridgehead atoms. The SMILES string of the molecule is CC(C)(CCCCl)CNC(=O)CC1CCCC1. The third-order valence-electron chi connectivity index (χ3n) is 3.70. The summed E-state index contributed by atoms with van der Waals surface area (Å²) in [4.78, 5) is 11.8. The molecule has 17 heavy (non-hydrogen) atoms. The molecule has 1 aliphatic carbocycles. The molecular formula is C14H26ClNO. The Morgan fingerprint density at radius 3 is 2.59 bits per heavy atom. The van der Waals surface area contributed by atoms with Gasteiger partial charge in [-0.25, -0.2) is 0 Å². The van der Waals surface area contributed by atoms with Crippen molar-refractivity contribution in [1.29, 1.82) is 0 Å². The summed E-state index contributed by atoms with van der Waals surface area (Å²) in [6.45, 7) is 5.15. The molecule has 3 heteroatoms. The van der Waals surface area contributed by atoms with Crippen molar-refractivity contribution in [2.45, 2.75) is 58.8 Å². The van der Waals surface area contributed by atoms with Crippen molar-refractivity contribution in [2.24, 2.45) is 11.3 Å². The minimum atomic E-state index is 0.167. The summed E-state index contributed by atoms with van der Waals surface area (Å²) in [6, 6.07) is 0. The Hall–Kier alpha value is -0.240. The van der Waals surface area contributed by atoms with E-state index in [0.717, 1.165) is 25.8 Å². The lowest BCUT2D eigenvalue weighted by molar-refractivity contribution is -0.122. The van der Waals surface area contributed by atoms with Crippen molar-refractivity contribution in [1.82, 2.24) is 5.32 Å². The fourth-order valence-corrected chi connectivity index (χ4v) is 2.65. The summed E-state index contributed by atoms with van der Waals surface area (Å²) >= 11 is 5.70. The first-order valence-electron chi connectivity index (χ1n) is 6.86. The van der Waals surface area contributed by atoms with Crippen molar-refractivity contribution >= 4 is 17.5 Å². The number of amides is 1. The molecule has 1 amide bonds. The first kappa shape index (κ1) is 14.8. The summed E-state index contributed by atoms with van der Waals surface area (Å²) in [6.07, 6.45) is 7.91. The summed E-state index contributed by atoms with van der Waals surface area (Å²) < 4.78 is 0. The second-order valence-corrected chi connectivity index (χ2v) is 6.47. The van der Waals surface area contributed by atoms with Gasteiger partial charge in [-0.1, -0.05) is 26.7 Å². The predicted molar refractivity (Wildman–Crippen MR) is 73.3 cm³/mol. The van der Waals surface area contributed by atoms with Crippen molar-refractivity contribution in [3.63, 3.8) is 0 Å². The van der Waals surface area contributed by atoms with E-state index >= 15 is 0 Å². The third kappa shape index (κ3) is 6.30. The van der Waals surface area contributed by atoms with Crippen LogP contribution in [-0.2, 0) is 4.79 Å². The Morgan fingerprint density at radius 1 is 1.35 bits per heavy atom. The second-order valence-electron chi connectivity index (χ2n) is 6.09. The normalized spacial score (nSPS) is 17.4. The van der Waals surface area contributed by atoms with Gasteiger partial charge in [0.1, 0.15) is 0 Å². The molecule has 0 saturated heterocycles. The maximum atomic E-state index is 11.8. The highest BCUT2D eigenvalue weighted by Gasteiger charge is 2.21. The Labute approximate surface area is 110 Å². The number of nitrogens with one attached hydrogen (secondary N) is 1. The van der Waals surface area contributed by atoms with Crippen LogP contribution in [0.2, 0.25) is 0 Å². The van der Waals surface area contributed by atoms with Crippen molar-refractivity contribution < 1.29 is 4.79 Å². The number of carbonyl (C=O) groups is 1. The molecule has 0 radical (unpaired) electrons. The molecule has 100 valence electrons. The van der Waals surface area contributed by atoms with Gasteiger partial charge in [-0.3, -0.25) is 4.79 Å². The van der Waals surface area contributed by atoms with Gasteiger partial charge < -0.3 is 5.32 Å². The van der Waals surface area contributed by atoms with Crippen LogP contribution in [0, 0.1) is 11.3 Å². The monoisotopic (exact) mass is 259 g/mol. The number of alkyl halides is 1. The van der Waals surface area contributed by atoms with E-state index in [1.807, 2.05) is 0 Å². The number of halogens is 1. The van der Waals surface area contributed by atoms with Crippen LogP contribution in [0.5, 0.6) is 0 Å². The number of hydrogen-bond donors (Lipinski definition) is 1. The molecule has 1 saturated carbocycles. The number of rotatable bonds is 7. The summed E-state index contributed by atoms with van der Waals surface area (Å²) in [7, 11) is 0. The summed E-state index contributed by atoms with van der Waals surface area (Å²) in [5.41, 5.74) is 0.167. The average molecular weight is 260 g/mol. The highest BCUT2D eigenvalue weighted by Crippen LogP contribution is 2.27. The van der Waals surface area contributed by atoms with Gasteiger partial charge in [-0.2, -0.15) is 0 Å². The van der Waals surface area contributed by atoms with Crippen LogP contribution in [0.4, 0.5) is 0 Å². The maximum absolute atomic E-state index is 11.8. The summed E-state index contributed by atoms with van der Waals surface area (Å²) in [5, 5.41) is 3.08. The van der Waals surface area contributed by atoms with E-state index in [1.165, 1.54) is 25.7 Å². The fraction of sp³-hybridized carbons (Fsp3) is 0.929. The lowest BCUT2D eigenvalue weighted by Crippen LogP contribution is -2.34. The predicted octanol–water partition coefficient (Wildman–Crippen LogP) is 3.73. The number of carbonyl (C=O) groups excluding carboxylic acids is 1. The molecule has 0 aliphatic heterocycles. The Bertz CT molecular complexity index is 234. The maximum Gasteiger partial charge on any atom is 0.220 e. The Kier molecular flexibility index (Phi) is 6.32. The quantitative estimate of drug-likeness (QED) is 0.694. The van der Waals surface area contributed by atoms with Gasteiger partial charge in [0.05, 0.1) is 0 Å². The average Bonchev–Trinajstić information content (AvgIpc) is 2.77. The van der Waals surface area contributed by atoms with Crippen molar-refractivity contribution in [2.75, 3.05) is 12.4 Å². The van der Waals surface area contributed by atoms with Crippen LogP contribution in [0.3, 0.4) is 0 Å². The standard InChI is InChI=1S/C14H26ClNO/c1-14(2,8-5-9-15)11-16-13(17)10-12-6-3-4-7-12/h12H,3-11H2,1-2H3,(H,16,17). The summed E-state index contributed by atoms with van der Waals surface area (Å²) in [5.74, 6) is 1.58. The minimum Gasteiger partial charge on any atom is -0.356 e. The molecule has 0 heterocycles. The van der Waals surface area contributed by atoms with Gasteiger partial charge in [0.2, 0.25) is 5.91 Å². The van der Waals surface area contributed by atoms with Gasteiger partial charge in [0, 0.05) is 18.8 Å². The van der Waals surface area contributed by atoms with Crippen LogP contribution in [-0.4, -0.2) is 18.3 Å². The topological polar surface area (TPSA) is 29.1 Å². The first-order valence-corrected chi connectivity index (χ1v) is 7.39. The molecule has 0 aromatic heterocycles. The lowest BCUT2D eigenvalue weighted by atomic mass is 9.88. The molecule has 1 rings (SSSR count). The Balaban J connectivity index is 2.17. The fourth-order valence-electron chi connectivity index (χ4n) is 2.52. The van der Waals surface area contributed by atoms with E-state index in [9.17, 15) is 4.79 Å². The zero-order valence-corrected chi connectivity index (χ0v) is 12.0. The third-order valence-corrected chi connectivity index (χ3v) is 3.97. The Morgan fingerprint density at radius 2 is 2.00 bits per heavy atom. The van der Waals surface area contributed by atoms with Gasteiger partial charge >= 0.3 is 0 Å². The molecule has 1 aliphatic rings. The molecule has 0 atom stereocenters. The second kappa shape index (κ2) is 7.25. The molecule has 0 unspecified atom stereocenters. The van der Waals surface area contributed by atoms with Gasteiger partial charge in [0.15, 0.2) is 0 Å². The first-order chi connectivity index (χ1) is 8.03. The van der Waals surface area contributed by atoms with Gasteiger partial charge in [-0.15, -0.1) is 11.6 Å². The molecule has 0 aromatic carbocycles. The zero-order valence-electron chi connectivity index (χ0n) is 11.2. The van der Waals surface area contributed by atoms with E-state index < -0.39 is 0 Å². The highest BCUT2D eigenvalue weighted by molar-refractivity contribution is 6.17. The highest BCUT2D eigenvalue weighted by atomic mass is 35.5. The van der Waals surface area contributed by atoms with Crippen LogP contribution in [0.1, 0.15) is 58.8 Å². The lowest BCUT2D eigenvalue weighted by Gasteiger charge is -2.25. The number of hydrogen-bond acceptors (Lipinski definition) is 1. The molecular weight excluding hydrogens is 234 g/mol. The molecule has 0 aromatic rings. The van der Waals surface area contributed by atoms with Crippen LogP contribution in [0.15, 0.2) is 0 Å². The van der Waals surface area contributed by atoms with E-state index in [0.29, 0.717) is 11.8 Å². The van der Waals surface area contributed by atoms with E-state index in [1.54, 1.807) is 0 Å². The van der Waals surface area contributed by atoms with Crippen molar-refractivity contribution in [3.05, 3.63) is 0 Å². The minimum absolute atomic E-state index is 0.167. The van der Waals surface area contributed by atoms with E-state index in [2.05, 4.69) is 19.2 Å². The van der Waals surface area contributed by atoms with Gasteiger partial charge in [0.25, 0.3) is 0 Å². The largest absolute Gasteiger partial charge is 0.356 e. The van der Waals surface area contributed by atoms with E-state index in [-0.39, 0.29) is 11.3 Å². The van der Waals surface area contributed by atoms with Crippen molar-refractivity contribution in [3.8, 4) is 0 Å². The smallest absolute Gasteiger partial charge is 0.220 e.